The van der Waals surface area contributed by atoms with Crippen molar-refractivity contribution in [2.24, 2.45) is 0 Å². The first kappa shape index (κ1) is 22.7. The topological polar surface area (TPSA) is 35.5 Å². The van der Waals surface area contributed by atoms with Crippen molar-refractivity contribution in [3.8, 4) is 11.5 Å². The van der Waals surface area contributed by atoms with E-state index in [4.69, 9.17) is 9.47 Å². The van der Waals surface area contributed by atoms with Crippen molar-refractivity contribution >= 4 is 5.78 Å². The van der Waals surface area contributed by atoms with E-state index < -0.39 is 0 Å². The number of benzene rings is 2. The monoisotopic (exact) mass is 394 g/mol. The van der Waals surface area contributed by atoms with Crippen LogP contribution < -0.4 is 9.47 Å². The molecule has 0 N–H and O–H groups in total. The van der Waals surface area contributed by atoms with Crippen molar-refractivity contribution in [3.05, 3.63) is 71.8 Å². The molecule has 0 aliphatic rings. The average molecular weight is 395 g/mol. The number of Topliss-reactive ketones (excluding diaryl/α,β-unsaturated/α-hetero) is 1. The van der Waals surface area contributed by atoms with E-state index in [-0.39, 0.29) is 5.78 Å². The first-order valence-electron chi connectivity index (χ1n) is 10.7. The van der Waals surface area contributed by atoms with Crippen LogP contribution in [0.2, 0.25) is 0 Å². The zero-order valence-electron chi connectivity index (χ0n) is 17.9. The molecule has 0 aliphatic heterocycles. The van der Waals surface area contributed by atoms with E-state index in [0.717, 1.165) is 41.0 Å². The van der Waals surface area contributed by atoms with Crippen molar-refractivity contribution in [3.63, 3.8) is 0 Å². The van der Waals surface area contributed by atoms with Gasteiger partial charge in [-0.25, -0.2) is 0 Å². The number of hydrogen-bond donors (Lipinski definition) is 0. The van der Waals surface area contributed by atoms with Crippen LogP contribution in [-0.2, 0) is 13.0 Å². The lowest BCUT2D eigenvalue weighted by Crippen LogP contribution is -2.07. The van der Waals surface area contributed by atoms with Crippen LogP contribution in [-0.4, -0.2) is 12.9 Å². The Morgan fingerprint density at radius 1 is 1.00 bits per heavy atom. The molecule has 0 spiro atoms. The largest absolute Gasteiger partial charge is 0.497 e. The third kappa shape index (κ3) is 7.41. The minimum Gasteiger partial charge on any atom is -0.497 e. The fourth-order valence-electron chi connectivity index (χ4n) is 3.40. The summed E-state index contributed by atoms with van der Waals surface area (Å²) in [6.07, 6.45) is 10.1. The molecule has 3 nitrogen and oxygen atoms in total. The molecule has 0 unspecified atom stereocenters. The minimum absolute atomic E-state index is 0.201. The van der Waals surface area contributed by atoms with Crippen LogP contribution in [0.25, 0.3) is 0 Å². The zero-order chi connectivity index (χ0) is 20.9. The van der Waals surface area contributed by atoms with E-state index >= 15 is 0 Å². The lowest BCUT2D eigenvalue weighted by molar-refractivity contribution is 0.0977. The van der Waals surface area contributed by atoms with Gasteiger partial charge in [0.15, 0.2) is 5.78 Å². The van der Waals surface area contributed by atoms with E-state index in [9.17, 15) is 4.79 Å². The van der Waals surface area contributed by atoms with Crippen LogP contribution in [0.5, 0.6) is 11.5 Å². The second-order valence-corrected chi connectivity index (χ2v) is 7.35. The molecule has 2 aromatic carbocycles. The van der Waals surface area contributed by atoms with Crippen molar-refractivity contribution in [1.82, 2.24) is 0 Å². The lowest BCUT2D eigenvalue weighted by Gasteiger charge is -2.14. The molecule has 0 bridgehead atoms. The Kier molecular flexibility index (Phi) is 10.1. The number of ether oxygens (including phenoxy) is 2. The van der Waals surface area contributed by atoms with E-state index in [1.165, 1.54) is 25.7 Å². The van der Waals surface area contributed by atoms with E-state index in [2.05, 4.69) is 13.5 Å². The summed E-state index contributed by atoms with van der Waals surface area (Å²) in [7, 11) is 1.65. The van der Waals surface area contributed by atoms with Gasteiger partial charge in [-0.05, 0) is 36.6 Å². The molecule has 0 amide bonds. The number of carbonyl (C=O) groups is 1. The molecule has 0 atom stereocenters. The molecule has 3 heteroatoms. The first-order chi connectivity index (χ1) is 14.2. The Hall–Kier alpha value is -2.55. The molecule has 2 rings (SSSR count). The number of hydrogen-bond acceptors (Lipinski definition) is 3. The van der Waals surface area contributed by atoms with Gasteiger partial charge in [0.1, 0.15) is 18.1 Å². The molecule has 0 aliphatic carbocycles. The van der Waals surface area contributed by atoms with Crippen LogP contribution in [0.4, 0.5) is 0 Å². The van der Waals surface area contributed by atoms with E-state index in [1.807, 2.05) is 48.5 Å². The van der Waals surface area contributed by atoms with Gasteiger partial charge in [0.2, 0.25) is 0 Å². The summed E-state index contributed by atoms with van der Waals surface area (Å²) in [5, 5.41) is 0. The second-order valence-electron chi connectivity index (χ2n) is 7.35. The molecule has 0 fully saturated rings. The number of allylic oxidation sites excluding steroid dienone is 1. The van der Waals surface area contributed by atoms with Gasteiger partial charge in [-0.15, -0.1) is 6.58 Å². The molecular formula is C26H34O3. The summed E-state index contributed by atoms with van der Waals surface area (Å²) in [6, 6.07) is 13.6. The first-order valence-corrected chi connectivity index (χ1v) is 10.7. The Morgan fingerprint density at radius 3 is 2.41 bits per heavy atom. The normalized spacial score (nSPS) is 10.6. The predicted molar refractivity (Wildman–Crippen MR) is 120 cm³/mol. The number of methoxy groups -OCH3 is 1. The molecule has 0 aromatic heterocycles. The van der Waals surface area contributed by atoms with Crippen molar-refractivity contribution in [2.45, 2.75) is 64.9 Å². The fourth-order valence-corrected chi connectivity index (χ4v) is 3.40. The Bertz CT molecular complexity index is 762. The molecule has 0 heterocycles. The van der Waals surface area contributed by atoms with Crippen molar-refractivity contribution in [2.75, 3.05) is 7.11 Å². The van der Waals surface area contributed by atoms with E-state index in [1.54, 1.807) is 7.11 Å². The average Bonchev–Trinajstić information content (AvgIpc) is 2.75. The Morgan fingerprint density at radius 2 is 1.72 bits per heavy atom. The van der Waals surface area contributed by atoms with Gasteiger partial charge < -0.3 is 9.47 Å². The highest BCUT2D eigenvalue weighted by atomic mass is 16.5. The summed E-state index contributed by atoms with van der Waals surface area (Å²) in [4.78, 5) is 12.8. The summed E-state index contributed by atoms with van der Waals surface area (Å²) in [6.45, 7) is 6.52. The van der Waals surface area contributed by atoms with E-state index in [0.29, 0.717) is 19.4 Å². The van der Waals surface area contributed by atoms with Crippen LogP contribution in [0.1, 0.15) is 73.4 Å². The predicted octanol–water partition coefficient (Wildman–Crippen LogP) is 6.94. The van der Waals surface area contributed by atoms with Crippen LogP contribution >= 0.6 is 0 Å². The quantitative estimate of drug-likeness (QED) is 0.198. The highest BCUT2D eigenvalue weighted by Crippen LogP contribution is 2.26. The smallest absolute Gasteiger partial charge is 0.163 e. The summed E-state index contributed by atoms with van der Waals surface area (Å²) in [5.74, 6) is 1.78. The number of carbonyl (C=O) groups excluding carboxylic acids is 1. The molecule has 2 aromatic rings. The summed E-state index contributed by atoms with van der Waals surface area (Å²) in [5.41, 5.74) is 2.76. The van der Waals surface area contributed by atoms with Gasteiger partial charge in [-0.3, -0.25) is 4.79 Å². The van der Waals surface area contributed by atoms with Gasteiger partial charge in [-0.2, -0.15) is 0 Å². The SMILES string of the molecule is C=CCc1c(OCc2ccc(OC)cc2)cccc1C(=O)CCCCCCCC. The Balaban J connectivity index is 2.01. The Labute approximate surface area is 175 Å². The van der Waals surface area contributed by atoms with Gasteiger partial charge in [0, 0.05) is 17.5 Å². The highest BCUT2D eigenvalue weighted by molar-refractivity contribution is 5.98. The summed E-state index contributed by atoms with van der Waals surface area (Å²) >= 11 is 0. The standard InChI is InChI=1S/C26H34O3/c1-4-6-7-8-9-10-14-25(27)23-13-11-15-26(24(23)12-5-2)29-20-21-16-18-22(28-3)19-17-21/h5,11,13,15-19H,2,4,6-10,12,14,20H2,1,3H3. The van der Waals surface area contributed by atoms with Crippen LogP contribution in [0.3, 0.4) is 0 Å². The molecular weight excluding hydrogens is 360 g/mol. The number of unbranched alkanes of at least 4 members (excludes halogenated alkanes) is 5. The maximum absolute atomic E-state index is 12.8. The third-order valence-electron chi connectivity index (χ3n) is 5.09. The van der Waals surface area contributed by atoms with Crippen LogP contribution in [0, 0.1) is 0 Å². The molecule has 156 valence electrons. The van der Waals surface area contributed by atoms with Gasteiger partial charge in [-0.1, -0.05) is 69.4 Å². The van der Waals surface area contributed by atoms with Gasteiger partial charge in [0.25, 0.3) is 0 Å². The van der Waals surface area contributed by atoms with Gasteiger partial charge in [0.05, 0.1) is 7.11 Å². The van der Waals surface area contributed by atoms with Gasteiger partial charge >= 0.3 is 0 Å². The molecule has 29 heavy (non-hydrogen) atoms. The molecule has 0 radical (unpaired) electrons. The lowest BCUT2D eigenvalue weighted by atomic mass is 9.96. The van der Waals surface area contributed by atoms with Crippen molar-refractivity contribution in [1.29, 1.82) is 0 Å². The number of rotatable bonds is 14. The highest BCUT2D eigenvalue weighted by Gasteiger charge is 2.15. The number of ketones is 1. The maximum Gasteiger partial charge on any atom is 0.163 e. The summed E-state index contributed by atoms with van der Waals surface area (Å²) < 4.78 is 11.3. The minimum atomic E-state index is 0.201. The maximum atomic E-state index is 12.8. The third-order valence-corrected chi connectivity index (χ3v) is 5.09. The fraction of sp³-hybridized carbons (Fsp3) is 0.423. The van der Waals surface area contributed by atoms with Crippen LogP contribution in [0.15, 0.2) is 55.1 Å². The molecule has 0 saturated carbocycles. The zero-order valence-corrected chi connectivity index (χ0v) is 17.9. The second kappa shape index (κ2) is 12.8. The molecule has 0 saturated heterocycles. The van der Waals surface area contributed by atoms with Crippen molar-refractivity contribution < 1.29 is 14.3 Å².